The minimum Gasteiger partial charge on any atom is -0.444 e. The number of carbonyl (C=O) groups is 2. The molecular formula is C26H34F3N5O3. The lowest BCUT2D eigenvalue weighted by atomic mass is 10.1. The van der Waals surface area contributed by atoms with Crippen molar-refractivity contribution in [2.24, 2.45) is 0 Å². The van der Waals surface area contributed by atoms with Crippen LogP contribution in [0.1, 0.15) is 55.2 Å². The molecule has 1 fully saturated rings. The quantitative estimate of drug-likeness (QED) is 0.543. The fourth-order valence-corrected chi connectivity index (χ4v) is 4.73. The molecule has 0 saturated heterocycles. The summed E-state index contributed by atoms with van der Waals surface area (Å²) < 4.78 is 47.4. The maximum absolute atomic E-state index is 13.6. The second-order valence-electron chi connectivity index (χ2n) is 11.0. The van der Waals surface area contributed by atoms with Gasteiger partial charge in [-0.1, -0.05) is 30.3 Å². The molecule has 0 spiro atoms. The average molecular weight is 522 g/mol. The van der Waals surface area contributed by atoms with E-state index in [1.54, 1.807) is 61.7 Å². The Balaban J connectivity index is 1.49. The van der Waals surface area contributed by atoms with Gasteiger partial charge in [-0.25, -0.2) is 4.79 Å². The lowest BCUT2D eigenvalue weighted by molar-refractivity contribution is -0.148. The van der Waals surface area contributed by atoms with Crippen LogP contribution >= 0.6 is 0 Å². The van der Waals surface area contributed by atoms with Crippen molar-refractivity contribution in [2.45, 2.75) is 70.6 Å². The standard InChI is InChI=1S/C26H34F3N5O3/c1-24(2,3)37-23(36)33-12-13-34-21(16-33)20(14-30-34)22(35)31(4)25(10-11-25)17-32(18-26(27,28)29)15-19-8-6-5-7-9-19/h5-9,14H,10-13,15-18H2,1-4H3. The van der Waals surface area contributed by atoms with E-state index in [2.05, 4.69) is 5.10 Å². The zero-order chi connectivity index (χ0) is 27.0. The van der Waals surface area contributed by atoms with E-state index < -0.39 is 30.0 Å². The third-order valence-corrected chi connectivity index (χ3v) is 6.77. The molecule has 1 aliphatic carbocycles. The molecule has 1 aromatic carbocycles. The van der Waals surface area contributed by atoms with Crippen LogP contribution < -0.4 is 0 Å². The Morgan fingerprint density at radius 2 is 1.78 bits per heavy atom. The highest BCUT2D eigenvalue weighted by atomic mass is 19.4. The Morgan fingerprint density at radius 1 is 1.11 bits per heavy atom. The van der Waals surface area contributed by atoms with Crippen LogP contribution in [0.3, 0.4) is 0 Å². The van der Waals surface area contributed by atoms with E-state index in [1.165, 1.54) is 16.0 Å². The van der Waals surface area contributed by atoms with Crippen molar-refractivity contribution in [1.29, 1.82) is 0 Å². The molecule has 2 aliphatic rings. The van der Waals surface area contributed by atoms with Crippen molar-refractivity contribution in [3.8, 4) is 0 Å². The largest absolute Gasteiger partial charge is 0.444 e. The summed E-state index contributed by atoms with van der Waals surface area (Å²) in [6, 6.07) is 9.02. The number of halogens is 3. The molecule has 11 heteroatoms. The van der Waals surface area contributed by atoms with Crippen LogP contribution in [-0.4, -0.2) is 80.5 Å². The van der Waals surface area contributed by atoms with Crippen LogP contribution in [-0.2, 0) is 24.4 Å². The molecule has 1 aromatic heterocycles. The first-order valence-electron chi connectivity index (χ1n) is 12.4. The van der Waals surface area contributed by atoms with Gasteiger partial charge in [-0.15, -0.1) is 0 Å². The molecule has 1 aliphatic heterocycles. The number of ether oxygens (including phenoxy) is 1. The number of benzene rings is 1. The first kappa shape index (κ1) is 27.0. The summed E-state index contributed by atoms with van der Waals surface area (Å²) in [7, 11) is 1.64. The van der Waals surface area contributed by atoms with Crippen LogP contribution in [0.2, 0.25) is 0 Å². The van der Waals surface area contributed by atoms with Gasteiger partial charge in [0.25, 0.3) is 5.91 Å². The summed E-state index contributed by atoms with van der Waals surface area (Å²) >= 11 is 0. The molecule has 0 atom stereocenters. The van der Waals surface area contributed by atoms with Crippen LogP contribution in [0.5, 0.6) is 0 Å². The van der Waals surface area contributed by atoms with Gasteiger partial charge in [0.05, 0.1) is 42.6 Å². The Labute approximate surface area is 215 Å². The summed E-state index contributed by atoms with van der Waals surface area (Å²) in [6.45, 7) is 5.56. The van der Waals surface area contributed by atoms with Crippen molar-refractivity contribution < 1.29 is 27.5 Å². The molecule has 0 N–H and O–H groups in total. The predicted molar refractivity (Wildman–Crippen MR) is 131 cm³/mol. The van der Waals surface area contributed by atoms with Crippen molar-refractivity contribution in [2.75, 3.05) is 26.7 Å². The number of alkyl halides is 3. The van der Waals surface area contributed by atoms with E-state index in [9.17, 15) is 22.8 Å². The van der Waals surface area contributed by atoms with Gasteiger partial charge in [-0.2, -0.15) is 18.3 Å². The van der Waals surface area contributed by atoms with Crippen molar-refractivity contribution >= 4 is 12.0 Å². The molecule has 8 nitrogen and oxygen atoms in total. The molecule has 0 radical (unpaired) electrons. The van der Waals surface area contributed by atoms with Crippen molar-refractivity contribution in [3.63, 3.8) is 0 Å². The molecule has 202 valence electrons. The lowest BCUT2D eigenvalue weighted by Gasteiger charge is -2.35. The van der Waals surface area contributed by atoms with Gasteiger partial charge in [-0.3, -0.25) is 14.4 Å². The second kappa shape index (κ2) is 10.00. The van der Waals surface area contributed by atoms with Gasteiger partial charge in [0, 0.05) is 26.7 Å². The van der Waals surface area contributed by atoms with Crippen LogP contribution in [0.15, 0.2) is 36.5 Å². The lowest BCUT2D eigenvalue weighted by Crippen LogP contribution is -2.49. The van der Waals surface area contributed by atoms with E-state index in [0.717, 1.165) is 5.56 Å². The molecule has 1 saturated carbocycles. The van der Waals surface area contributed by atoms with Gasteiger partial charge in [0.15, 0.2) is 0 Å². The first-order chi connectivity index (χ1) is 17.3. The molecule has 37 heavy (non-hydrogen) atoms. The topological polar surface area (TPSA) is 70.9 Å². The van der Waals surface area contributed by atoms with E-state index in [1.807, 2.05) is 6.07 Å². The molecule has 2 heterocycles. The Kier molecular flexibility index (Phi) is 7.29. The number of rotatable bonds is 7. The summed E-state index contributed by atoms with van der Waals surface area (Å²) in [5, 5.41) is 4.33. The van der Waals surface area contributed by atoms with E-state index in [4.69, 9.17) is 4.74 Å². The molecule has 0 unspecified atom stereocenters. The normalized spacial score (nSPS) is 16.9. The van der Waals surface area contributed by atoms with Gasteiger partial charge < -0.3 is 14.5 Å². The maximum atomic E-state index is 13.6. The third kappa shape index (κ3) is 6.63. The number of amides is 2. The number of hydrogen-bond acceptors (Lipinski definition) is 5. The minimum absolute atomic E-state index is 0.108. The zero-order valence-electron chi connectivity index (χ0n) is 21.7. The summed E-state index contributed by atoms with van der Waals surface area (Å²) in [6.07, 6.45) is -2.10. The van der Waals surface area contributed by atoms with E-state index >= 15 is 0 Å². The zero-order valence-corrected chi connectivity index (χ0v) is 21.7. The first-order valence-corrected chi connectivity index (χ1v) is 12.4. The van der Waals surface area contributed by atoms with E-state index in [-0.39, 0.29) is 25.5 Å². The van der Waals surface area contributed by atoms with Gasteiger partial charge in [0.1, 0.15) is 5.60 Å². The number of fused-ring (bicyclic) bond motifs is 1. The van der Waals surface area contributed by atoms with Crippen LogP contribution in [0.25, 0.3) is 0 Å². The smallest absolute Gasteiger partial charge is 0.410 e. The van der Waals surface area contributed by atoms with Crippen molar-refractivity contribution in [3.05, 3.63) is 53.3 Å². The highest BCUT2D eigenvalue weighted by Gasteiger charge is 2.51. The molecule has 2 amide bonds. The Bertz CT molecular complexity index is 1120. The third-order valence-electron chi connectivity index (χ3n) is 6.77. The number of carbonyl (C=O) groups excluding carboxylic acids is 2. The summed E-state index contributed by atoms with van der Waals surface area (Å²) in [4.78, 5) is 30.7. The fourth-order valence-electron chi connectivity index (χ4n) is 4.73. The van der Waals surface area contributed by atoms with Crippen LogP contribution in [0, 0.1) is 0 Å². The predicted octanol–water partition coefficient (Wildman–Crippen LogP) is 4.30. The summed E-state index contributed by atoms with van der Waals surface area (Å²) in [5.41, 5.74) is 0.401. The van der Waals surface area contributed by atoms with Gasteiger partial charge >= 0.3 is 12.3 Å². The number of nitrogens with zero attached hydrogens (tertiary/aromatic N) is 5. The second-order valence-corrected chi connectivity index (χ2v) is 11.0. The highest BCUT2D eigenvalue weighted by molar-refractivity contribution is 5.96. The molecule has 2 aromatic rings. The summed E-state index contributed by atoms with van der Waals surface area (Å²) in [5.74, 6) is -0.309. The fraction of sp³-hybridized carbons (Fsp3) is 0.577. The number of hydrogen-bond donors (Lipinski definition) is 0. The highest BCUT2D eigenvalue weighted by Crippen LogP contribution is 2.43. The van der Waals surface area contributed by atoms with Crippen LogP contribution in [0.4, 0.5) is 18.0 Å². The Hall–Kier alpha value is -3.08. The average Bonchev–Trinajstić information content (AvgIpc) is 3.45. The van der Waals surface area contributed by atoms with Gasteiger partial charge in [-0.05, 0) is 39.2 Å². The Morgan fingerprint density at radius 3 is 2.38 bits per heavy atom. The minimum atomic E-state index is -4.36. The molecule has 0 bridgehead atoms. The number of aromatic nitrogens is 2. The monoisotopic (exact) mass is 521 g/mol. The molecular weight excluding hydrogens is 487 g/mol. The van der Waals surface area contributed by atoms with Gasteiger partial charge in [0.2, 0.25) is 0 Å². The van der Waals surface area contributed by atoms with E-state index in [0.29, 0.717) is 37.2 Å². The number of likely N-dealkylation sites (N-methyl/N-ethyl adjacent to an activating group) is 1. The van der Waals surface area contributed by atoms with Crippen molar-refractivity contribution in [1.82, 2.24) is 24.5 Å². The SMILES string of the molecule is CN(C(=O)c1cnn2c1CN(C(=O)OC(C)(C)C)CC2)C1(CN(Cc2ccccc2)CC(F)(F)F)CC1. The maximum Gasteiger partial charge on any atom is 0.410 e. The molecule has 4 rings (SSSR count).